The van der Waals surface area contributed by atoms with E-state index in [1.54, 1.807) is 0 Å². The molecule has 0 amide bonds. The molecule has 1 aromatic carbocycles. The quantitative estimate of drug-likeness (QED) is 0.872. The maximum atomic E-state index is 13.4. The summed E-state index contributed by atoms with van der Waals surface area (Å²) in [5, 5.41) is 11.8. The van der Waals surface area contributed by atoms with E-state index >= 15 is 0 Å². The van der Waals surface area contributed by atoms with Crippen molar-refractivity contribution in [3.8, 4) is 0 Å². The number of carboxylic acids is 1. The molecule has 0 aliphatic heterocycles. The molecule has 104 valence electrons. The van der Waals surface area contributed by atoms with E-state index in [9.17, 15) is 13.6 Å². The van der Waals surface area contributed by atoms with Crippen molar-refractivity contribution in [2.75, 3.05) is 0 Å². The lowest BCUT2D eigenvalue weighted by Crippen LogP contribution is -2.17. The van der Waals surface area contributed by atoms with Crippen LogP contribution in [0.3, 0.4) is 0 Å². The first-order valence-corrected chi connectivity index (χ1v) is 5.74. The minimum atomic E-state index is -1.14. The maximum absolute atomic E-state index is 13.4. The van der Waals surface area contributed by atoms with Gasteiger partial charge in [-0.25, -0.2) is 23.5 Å². The molecule has 2 aromatic rings. The molecule has 0 atom stereocenters. The number of hydrogen-bond acceptors (Lipinski definition) is 4. The Kier molecular flexibility index (Phi) is 4.31. The first-order chi connectivity index (χ1) is 9.58. The molecule has 0 saturated carbocycles. The monoisotopic (exact) mass is 279 g/mol. The fourth-order valence-corrected chi connectivity index (χ4v) is 1.67. The zero-order valence-corrected chi connectivity index (χ0v) is 10.3. The van der Waals surface area contributed by atoms with Crippen LogP contribution in [0.1, 0.15) is 21.6 Å². The molecule has 20 heavy (non-hydrogen) atoms. The first-order valence-electron chi connectivity index (χ1n) is 5.74. The highest BCUT2D eigenvalue weighted by molar-refractivity contribution is 5.88. The molecule has 0 radical (unpaired) electrons. The van der Waals surface area contributed by atoms with Crippen molar-refractivity contribution >= 4 is 5.97 Å². The van der Waals surface area contributed by atoms with Crippen molar-refractivity contribution < 1.29 is 18.7 Å². The molecule has 0 unspecified atom stereocenters. The lowest BCUT2D eigenvalue weighted by atomic mass is 10.2. The normalized spacial score (nSPS) is 10.5. The number of carbonyl (C=O) groups is 1. The molecule has 2 N–H and O–H groups in total. The smallest absolute Gasteiger partial charge is 0.339 e. The Morgan fingerprint density at radius 1 is 1.30 bits per heavy atom. The lowest BCUT2D eigenvalue weighted by Gasteiger charge is -2.07. The number of rotatable bonds is 5. The Labute approximate surface area is 113 Å². The van der Waals surface area contributed by atoms with Crippen LogP contribution in [0.5, 0.6) is 0 Å². The number of aromatic nitrogens is 2. The summed E-state index contributed by atoms with van der Waals surface area (Å²) >= 11 is 0. The highest BCUT2D eigenvalue weighted by Crippen LogP contribution is 2.10. The van der Waals surface area contributed by atoms with E-state index in [1.807, 2.05) is 0 Å². The van der Waals surface area contributed by atoms with Gasteiger partial charge in [-0.05, 0) is 18.2 Å². The van der Waals surface area contributed by atoms with Gasteiger partial charge in [0.25, 0.3) is 0 Å². The minimum Gasteiger partial charge on any atom is -0.478 e. The van der Waals surface area contributed by atoms with E-state index in [0.29, 0.717) is 0 Å². The van der Waals surface area contributed by atoms with Crippen molar-refractivity contribution in [3.63, 3.8) is 0 Å². The standard InChI is InChI=1S/C13H11F2N3O2/c14-9-1-2-11(15)8(3-9)4-16-6-12-10(13(19)20)5-17-7-18-12/h1-3,5,7,16H,4,6H2,(H,19,20). The number of hydrogen-bond donors (Lipinski definition) is 2. The molecule has 5 nitrogen and oxygen atoms in total. The van der Waals surface area contributed by atoms with Gasteiger partial charge in [0.2, 0.25) is 0 Å². The molecule has 2 rings (SSSR count). The molecule has 0 bridgehead atoms. The zero-order chi connectivity index (χ0) is 14.5. The third-order valence-electron chi connectivity index (χ3n) is 2.64. The van der Waals surface area contributed by atoms with Gasteiger partial charge in [-0.1, -0.05) is 0 Å². The van der Waals surface area contributed by atoms with E-state index in [0.717, 1.165) is 18.2 Å². The summed E-state index contributed by atoms with van der Waals surface area (Å²) in [6, 6.07) is 3.16. The van der Waals surface area contributed by atoms with Crippen molar-refractivity contribution in [1.82, 2.24) is 15.3 Å². The Morgan fingerprint density at radius 3 is 2.85 bits per heavy atom. The summed E-state index contributed by atoms with van der Waals surface area (Å²) in [5.41, 5.74) is 0.417. The minimum absolute atomic E-state index is 0.0280. The Hall–Kier alpha value is -2.41. The summed E-state index contributed by atoms with van der Waals surface area (Å²) in [6.45, 7) is 0.173. The lowest BCUT2D eigenvalue weighted by molar-refractivity contribution is 0.0694. The number of benzene rings is 1. The third kappa shape index (κ3) is 3.33. The van der Waals surface area contributed by atoms with Gasteiger partial charge in [0.1, 0.15) is 23.5 Å². The van der Waals surface area contributed by atoms with Gasteiger partial charge in [0.05, 0.1) is 5.69 Å². The van der Waals surface area contributed by atoms with Crippen LogP contribution in [0.15, 0.2) is 30.7 Å². The van der Waals surface area contributed by atoms with Gasteiger partial charge in [-0.3, -0.25) is 0 Å². The van der Waals surface area contributed by atoms with Crippen LogP contribution >= 0.6 is 0 Å². The summed E-state index contributed by atoms with van der Waals surface area (Å²) in [7, 11) is 0. The Morgan fingerprint density at radius 2 is 2.10 bits per heavy atom. The van der Waals surface area contributed by atoms with Crippen molar-refractivity contribution in [1.29, 1.82) is 0 Å². The summed E-state index contributed by atoms with van der Waals surface area (Å²) in [4.78, 5) is 18.4. The van der Waals surface area contributed by atoms with Gasteiger partial charge in [0, 0.05) is 24.8 Å². The van der Waals surface area contributed by atoms with Crippen LogP contribution < -0.4 is 5.32 Å². The number of nitrogens with zero attached hydrogens (tertiary/aromatic N) is 2. The molecule has 0 spiro atoms. The van der Waals surface area contributed by atoms with Crippen LogP contribution in [-0.4, -0.2) is 21.0 Å². The second-order valence-corrected chi connectivity index (χ2v) is 4.03. The summed E-state index contributed by atoms with van der Waals surface area (Å²) in [5.74, 6) is -2.20. The van der Waals surface area contributed by atoms with E-state index in [2.05, 4.69) is 15.3 Å². The largest absolute Gasteiger partial charge is 0.478 e. The molecule has 1 heterocycles. The van der Waals surface area contributed by atoms with Crippen molar-refractivity contribution in [2.24, 2.45) is 0 Å². The Bertz CT molecular complexity index is 635. The molecule has 1 aromatic heterocycles. The highest BCUT2D eigenvalue weighted by Gasteiger charge is 2.11. The van der Waals surface area contributed by atoms with E-state index in [4.69, 9.17) is 5.11 Å². The fourth-order valence-electron chi connectivity index (χ4n) is 1.67. The average Bonchev–Trinajstić information content (AvgIpc) is 2.43. The summed E-state index contributed by atoms with van der Waals surface area (Å²) < 4.78 is 26.4. The second kappa shape index (κ2) is 6.16. The number of nitrogens with one attached hydrogen (secondary N) is 1. The predicted octanol–water partition coefficient (Wildman–Crippen LogP) is 1.74. The van der Waals surface area contributed by atoms with Crippen LogP contribution in [0.2, 0.25) is 0 Å². The van der Waals surface area contributed by atoms with Crippen LogP contribution in [-0.2, 0) is 13.1 Å². The van der Waals surface area contributed by atoms with Gasteiger partial charge >= 0.3 is 5.97 Å². The van der Waals surface area contributed by atoms with E-state index < -0.39 is 17.6 Å². The summed E-state index contributed by atoms with van der Waals surface area (Å²) in [6.07, 6.45) is 2.42. The van der Waals surface area contributed by atoms with Crippen LogP contribution in [0.25, 0.3) is 0 Å². The number of halogens is 2. The second-order valence-electron chi connectivity index (χ2n) is 4.03. The highest BCUT2D eigenvalue weighted by atomic mass is 19.1. The van der Waals surface area contributed by atoms with Gasteiger partial charge in [0.15, 0.2) is 0 Å². The van der Waals surface area contributed by atoms with Crippen molar-refractivity contribution in [2.45, 2.75) is 13.1 Å². The van der Waals surface area contributed by atoms with Crippen LogP contribution in [0, 0.1) is 11.6 Å². The first kappa shape index (κ1) is 14.0. The van der Waals surface area contributed by atoms with E-state index in [1.165, 1.54) is 12.5 Å². The molecule has 0 fully saturated rings. The molecular weight excluding hydrogens is 268 g/mol. The third-order valence-corrected chi connectivity index (χ3v) is 2.64. The average molecular weight is 279 g/mol. The topological polar surface area (TPSA) is 75.1 Å². The molecule has 0 saturated heterocycles. The fraction of sp³-hybridized carbons (Fsp3) is 0.154. The van der Waals surface area contributed by atoms with E-state index in [-0.39, 0.29) is 29.9 Å². The molecular formula is C13H11F2N3O2. The predicted molar refractivity (Wildman–Crippen MR) is 65.9 cm³/mol. The Balaban J connectivity index is 2.03. The van der Waals surface area contributed by atoms with Gasteiger partial charge in [-0.15, -0.1) is 0 Å². The van der Waals surface area contributed by atoms with Gasteiger partial charge < -0.3 is 10.4 Å². The zero-order valence-electron chi connectivity index (χ0n) is 10.3. The van der Waals surface area contributed by atoms with Crippen LogP contribution in [0.4, 0.5) is 8.78 Å². The van der Waals surface area contributed by atoms with Gasteiger partial charge in [-0.2, -0.15) is 0 Å². The maximum Gasteiger partial charge on any atom is 0.339 e. The SMILES string of the molecule is O=C(O)c1cncnc1CNCc1cc(F)ccc1F. The number of aromatic carboxylic acids is 1. The molecule has 0 aliphatic rings. The molecule has 0 aliphatic carbocycles. The van der Waals surface area contributed by atoms with Crippen molar-refractivity contribution in [3.05, 3.63) is 59.2 Å². The number of carboxylic acid groups (broad SMARTS) is 1. The molecule has 7 heteroatoms.